The van der Waals surface area contributed by atoms with Gasteiger partial charge in [-0.2, -0.15) is 0 Å². The second kappa shape index (κ2) is 5.59. The minimum atomic E-state index is -1.06. The van der Waals surface area contributed by atoms with Crippen LogP contribution in [0.5, 0.6) is 5.75 Å². The maximum absolute atomic E-state index is 11.2. The Morgan fingerprint density at radius 1 is 1.50 bits per heavy atom. The van der Waals surface area contributed by atoms with Gasteiger partial charge in [0.2, 0.25) is 0 Å². The number of carboxylic acids is 1. The van der Waals surface area contributed by atoms with E-state index in [1.807, 2.05) is 13.8 Å². The number of benzene rings is 1. The van der Waals surface area contributed by atoms with Crippen molar-refractivity contribution in [2.75, 3.05) is 6.54 Å². The molecule has 1 unspecified atom stereocenters. The number of hydrogen-bond donors (Lipinski definition) is 3. The van der Waals surface area contributed by atoms with Gasteiger partial charge >= 0.3 is 5.97 Å². The molecule has 1 aromatic carbocycles. The highest BCUT2D eigenvalue weighted by Gasteiger charge is 2.27. The number of halogens is 1. The van der Waals surface area contributed by atoms with Crippen LogP contribution in [0.25, 0.3) is 0 Å². The average Bonchev–Trinajstić information content (AvgIpc) is 2.28. The van der Waals surface area contributed by atoms with Crippen molar-refractivity contribution in [2.45, 2.75) is 32.6 Å². The van der Waals surface area contributed by atoms with Crippen molar-refractivity contribution in [1.82, 2.24) is 0 Å². The van der Waals surface area contributed by atoms with E-state index in [1.54, 1.807) is 13.0 Å². The summed E-state index contributed by atoms with van der Waals surface area (Å²) in [7, 11) is 0. The molecule has 0 fully saturated rings. The van der Waals surface area contributed by atoms with Gasteiger partial charge in [0.05, 0.1) is 5.92 Å². The topological polar surface area (TPSA) is 83.5 Å². The lowest BCUT2D eigenvalue weighted by Crippen LogP contribution is -2.22. The van der Waals surface area contributed by atoms with Crippen LogP contribution in [-0.2, 0) is 4.79 Å². The van der Waals surface area contributed by atoms with Crippen LogP contribution in [0.2, 0.25) is 5.02 Å². The summed E-state index contributed by atoms with van der Waals surface area (Å²) < 4.78 is 0. The number of rotatable bonds is 4. The first kappa shape index (κ1) is 14.8. The molecule has 18 heavy (non-hydrogen) atoms. The molecule has 0 saturated heterocycles. The molecule has 0 amide bonds. The Hall–Kier alpha value is -1.26. The zero-order chi connectivity index (χ0) is 14.0. The molecule has 0 aromatic heterocycles. The lowest BCUT2D eigenvalue weighted by molar-refractivity contribution is -0.138. The van der Waals surface area contributed by atoms with Crippen molar-refractivity contribution in [1.29, 1.82) is 0 Å². The van der Waals surface area contributed by atoms with Crippen LogP contribution in [0.1, 0.15) is 42.4 Å². The van der Waals surface area contributed by atoms with Gasteiger partial charge in [0.15, 0.2) is 0 Å². The summed E-state index contributed by atoms with van der Waals surface area (Å²) in [6, 6.07) is 1.68. The molecule has 0 spiro atoms. The fourth-order valence-corrected chi connectivity index (χ4v) is 2.20. The average molecular weight is 272 g/mol. The van der Waals surface area contributed by atoms with Crippen LogP contribution in [-0.4, -0.2) is 22.7 Å². The summed E-state index contributed by atoms with van der Waals surface area (Å²) in [6.45, 7) is 5.42. The standard InChI is InChI=1S/C13H18ClNO3/c1-6(2)8-4-10(14)7(3)11(12(8)16)9(5-15)13(17)18/h4,6,9,16H,5,15H2,1-3H3,(H,17,18). The van der Waals surface area contributed by atoms with Crippen LogP contribution in [0.15, 0.2) is 6.07 Å². The summed E-state index contributed by atoms with van der Waals surface area (Å²) >= 11 is 6.10. The SMILES string of the molecule is Cc1c(Cl)cc(C(C)C)c(O)c1C(CN)C(=O)O. The summed E-state index contributed by atoms with van der Waals surface area (Å²) in [5, 5.41) is 19.8. The van der Waals surface area contributed by atoms with Crippen LogP contribution in [0, 0.1) is 6.92 Å². The number of aliphatic carboxylic acids is 1. The quantitative estimate of drug-likeness (QED) is 0.786. The lowest BCUT2D eigenvalue weighted by atomic mass is 9.88. The molecule has 0 saturated carbocycles. The number of hydrogen-bond acceptors (Lipinski definition) is 3. The number of aromatic hydroxyl groups is 1. The highest BCUT2D eigenvalue weighted by molar-refractivity contribution is 6.31. The van der Waals surface area contributed by atoms with Crippen molar-refractivity contribution < 1.29 is 15.0 Å². The van der Waals surface area contributed by atoms with Crippen molar-refractivity contribution >= 4 is 17.6 Å². The van der Waals surface area contributed by atoms with Crippen molar-refractivity contribution in [3.8, 4) is 5.75 Å². The number of phenols is 1. The molecule has 100 valence electrons. The van der Waals surface area contributed by atoms with E-state index in [4.69, 9.17) is 22.4 Å². The van der Waals surface area contributed by atoms with Gasteiger partial charge in [0.1, 0.15) is 5.75 Å². The van der Waals surface area contributed by atoms with Gasteiger partial charge in [-0.3, -0.25) is 4.79 Å². The highest BCUT2D eigenvalue weighted by Crippen LogP contribution is 2.39. The number of nitrogens with two attached hydrogens (primary N) is 1. The molecule has 5 heteroatoms. The third kappa shape index (κ3) is 2.60. The fourth-order valence-electron chi connectivity index (χ4n) is 1.98. The monoisotopic (exact) mass is 271 g/mol. The Labute approximate surface area is 111 Å². The Balaban J connectivity index is 3.55. The maximum atomic E-state index is 11.2. The van der Waals surface area contributed by atoms with E-state index in [2.05, 4.69) is 0 Å². The van der Waals surface area contributed by atoms with Gasteiger partial charge in [-0.15, -0.1) is 0 Å². The third-order valence-corrected chi connectivity index (χ3v) is 3.47. The van der Waals surface area contributed by atoms with Gasteiger partial charge < -0.3 is 15.9 Å². The van der Waals surface area contributed by atoms with Gasteiger partial charge in [0.25, 0.3) is 0 Å². The number of carbonyl (C=O) groups is 1. The fraction of sp³-hybridized carbons (Fsp3) is 0.462. The minimum absolute atomic E-state index is 0.00949. The van der Waals surface area contributed by atoms with Crippen LogP contribution >= 0.6 is 11.6 Å². The molecule has 1 atom stereocenters. The van der Waals surface area contributed by atoms with E-state index in [0.717, 1.165) is 0 Å². The molecular formula is C13H18ClNO3. The zero-order valence-corrected chi connectivity index (χ0v) is 11.5. The van der Waals surface area contributed by atoms with Gasteiger partial charge in [-0.25, -0.2) is 0 Å². The van der Waals surface area contributed by atoms with Crippen LogP contribution in [0.3, 0.4) is 0 Å². The molecule has 0 aliphatic heterocycles. The normalized spacial score (nSPS) is 12.8. The molecule has 0 bridgehead atoms. The first-order valence-corrected chi connectivity index (χ1v) is 6.13. The molecule has 1 aromatic rings. The molecule has 0 heterocycles. The van der Waals surface area contributed by atoms with E-state index in [1.165, 1.54) is 0 Å². The van der Waals surface area contributed by atoms with Crippen molar-refractivity contribution in [3.63, 3.8) is 0 Å². The molecular weight excluding hydrogens is 254 g/mol. The van der Waals surface area contributed by atoms with Crippen molar-refractivity contribution in [2.24, 2.45) is 5.73 Å². The maximum Gasteiger partial charge on any atom is 0.312 e. The molecule has 1 rings (SSSR count). The highest BCUT2D eigenvalue weighted by atomic mass is 35.5. The molecule has 0 radical (unpaired) electrons. The Bertz CT molecular complexity index is 472. The van der Waals surface area contributed by atoms with Crippen LogP contribution in [0.4, 0.5) is 0 Å². The summed E-state index contributed by atoms with van der Waals surface area (Å²) in [4.78, 5) is 11.2. The van der Waals surface area contributed by atoms with Gasteiger partial charge in [-0.1, -0.05) is 25.4 Å². The van der Waals surface area contributed by atoms with E-state index in [0.29, 0.717) is 21.7 Å². The molecule has 4 nitrogen and oxygen atoms in total. The number of phenolic OH excluding ortho intramolecular Hbond substituents is 1. The Kier molecular flexibility index (Phi) is 4.59. The molecule has 0 aliphatic rings. The largest absolute Gasteiger partial charge is 0.507 e. The number of carboxylic acid groups (broad SMARTS) is 1. The van der Waals surface area contributed by atoms with E-state index < -0.39 is 11.9 Å². The smallest absolute Gasteiger partial charge is 0.312 e. The third-order valence-electron chi connectivity index (χ3n) is 3.08. The summed E-state index contributed by atoms with van der Waals surface area (Å²) in [5.74, 6) is -1.96. The Morgan fingerprint density at radius 3 is 2.44 bits per heavy atom. The molecule has 0 aliphatic carbocycles. The minimum Gasteiger partial charge on any atom is -0.507 e. The van der Waals surface area contributed by atoms with E-state index >= 15 is 0 Å². The first-order valence-electron chi connectivity index (χ1n) is 5.75. The Morgan fingerprint density at radius 2 is 2.06 bits per heavy atom. The zero-order valence-electron chi connectivity index (χ0n) is 10.7. The second-order valence-corrected chi connectivity index (χ2v) is 5.02. The van der Waals surface area contributed by atoms with E-state index in [9.17, 15) is 9.90 Å². The predicted octanol–water partition coefficient (Wildman–Crippen LogP) is 2.60. The first-order chi connectivity index (χ1) is 8.31. The van der Waals surface area contributed by atoms with Gasteiger partial charge in [-0.05, 0) is 30.0 Å². The predicted molar refractivity (Wildman–Crippen MR) is 71.4 cm³/mol. The van der Waals surface area contributed by atoms with Crippen LogP contribution < -0.4 is 5.73 Å². The van der Waals surface area contributed by atoms with Gasteiger partial charge in [0, 0.05) is 17.1 Å². The van der Waals surface area contributed by atoms with E-state index in [-0.39, 0.29) is 18.2 Å². The molecule has 4 N–H and O–H groups in total. The lowest BCUT2D eigenvalue weighted by Gasteiger charge is -2.20. The summed E-state index contributed by atoms with van der Waals surface area (Å²) in [5.41, 5.74) is 7.01. The second-order valence-electron chi connectivity index (χ2n) is 4.62. The van der Waals surface area contributed by atoms with Crippen molar-refractivity contribution in [3.05, 3.63) is 27.8 Å². The summed E-state index contributed by atoms with van der Waals surface area (Å²) in [6.07, 6.45) is 0.